The Morgan fingerprint density at radius 2 is 1.66 bits per heavy atom. The smallest absolute Gasteiger partial charge is 0.332 e. The Labute approximate surface area is 171 Å². The van der Waals surface area contributed by atoms with Crippen LogP contribution in [0, 0.1) is 20.8 Å². The van der Waals surface area contributed by atoms with Gasteiger partial charge in [-0.05, 0) is 57.9 Å². The summed E-state index contributed by atoms with van der Waals surface area (Å²) in [5, 5.41) is 2.91. The van der Waals surface area contributed by atoms with Crippen molar-refractivity contribution in [1.82, 2.24) is 10.2 Å². The zero-order valence-electron chi connectivity index (χ0n) is 17.5. The highest BCUT2D eigenvalue weighted by atomic mass is 16.2. The lowest BCUT2D eigenvalue weighted by molar-refractivity contribution is -0.132. The van der Waals surface area contributed by atoms with Crippen LogP contribution in [0.15, 0.2) is 42.5 Å². The Kier molecular flexibility index (Phi) is 5.73. The van der Waals surface area contributed by atoms with E-state index in [4.69, 9.17) is 0 Å². The molecule has 1 fully saturated rings. The maximum Gasteiger partial charge on any atom is 0.332 e. The summed E-state index contributed by atoms with van der Waals surface area (Å²) in [7, 11) is 0. The summed E-state index contributed by atoms with van der Waals surface area (Å²) >= 11 is 0. The van der Waals surface area contributed by atoms with Crippen molar-refractivity contribution in [2.24, 2.45) is 0 Å². The molecule has 0 saturated carbocycles. The number of urea groups is 1. The predicted octanol–water partition coefficient (Wildman–Crippen LogP) is 3.65. The van der Waals surface area contributed by atoms with Crippen LogP contribution in [0.3, 0.4) is 0 Å². The molecule has 0 radical (unpaired) electrons. The normalized spacial score (nSPS) is 17.6. The van der Waals surface area contributed by atoms with Gasteiger partial charge in [0.2, 0.25) is 5.91 Å². The standard InChI is InChI=1S/C23H27N3O3/c1-14-7-10-19(11-8-14)26-18(5)22(28)25(23(26)29)13-21(27)24-17(4)20-12-15(2)6-9-16(20)3/h6-12,17-18H,13H2,1-5H3,(H,24,27)/t17-,18+/m0/s1. The number of amides is 4. The van der Waals surface area contributed by atoms with Gasteiger partial charge in [-0.1, -0.05) is 41.5 Å². The Balaban J connectivity index is 1.71. The van der Waals surface area contributed by atoms with Crippen molar-refractivity contribution in [3.63, 3.8) is 0 Å². The number of anilines is 1. The van der Waals surface area contributed by atoms with Crippen LogP contribution < -0.4 is 10.2 Å². The van der Waals surface area contributed by atoms with Crippen molar-refractivity contribution in [2.45, 2.75) is 46.7 Å². The van der Waals surface area contributed by atoms with E-state index in [1.165, 1.54) is 4.90 Å². The number of nitrogens with one attached hydrogen (secondary N) is 1. The van der Waals surface area contributed by atoms with Gasteiger partial charge in [-0.2, -0.15) is 0 Å². The molecule has 2 aromatic carbocycles. The second-order valence-electron chi connectivity index (χ2n) is 7.74. The zero-order chi connectivity index (χ0) is 21.3. The molecule has 6 nitrogen and oxygen atoms in total. The quantitative estimate of drug-likeness (QED) is 0.789. The maximum atomic E-state index is 12.9. The lowest BCUT2D eigenvalue weighted by Gasteiger charge is -2.20. The molecular formula is C23H27N3O3. The minimum absolute atomic E-state index is 0.221. The second-order valence-corrected chi connectivity index (χ2v) is 7.74. The number of carbonyl (C=O) groups excluding carboxylic acids is 3. The van der Waals surface area contributed by atoms with E-state index >= 15 is 0 Å². The van der Waals surface area contributed by atoms with E-state index in [-0.39, 0.29) is 24.4 Å². The van der Waals surface area contributed by atoms with Gasteiger partial charge in [-0.3, -0.25) is 19.4 Å². The highest BCUT2D eigenvalue weighted by molar-refractivity contribution is 6.15. The van der Waals surface area contributed by atoms with E-state index in [1.807, 2.05) is 70.2 Å². The van der Waals surface area contributed by atoms with Crippen molar-refractivity contribution >= 4 is 23.5 Å². The van der Waals surface area contributed by atoms with Crippen LogP contribution in [0.1, 0.15) is 42.1 Å². The van der Waals surface area contributed by atoms with Crippen molar-refractivity contribution < 1.29 is 14.4 Å². The van der Waals surface area contributed by atoms with Gasteiger partial charge < -0.3 is 5.32 Å². The fourth-order valence-corrected chi connectivity index (χ4v) is 3.65. The molecule has 29 heavy (non-hydrogen) atoms. The van der Waals surface area contributed by atoms with E-state index < -0.39 is 12.1 Å². The molecule has 1 N–H and O–H groups in total. The minimum Gasteiger partial charge on any atom is -0.348 e. The third-order valence-corrected chi connectivity index (χ3v) is 5.34. The summed E-state index contributed by atoms with van der Waals surface area (Å²) in [6.45, 7) is 9.23. The first-order chi connectivity index (χ1) is 13.7. The molecule has 0 unspecified atom stereocenters. The van der Waals surface area contributed by atoms with Gasteiger partial charge in [-0.15, -0.1) is 0 Å². The first-order valence-corrected chi connectivity index (χ1v) is 9.76. The topological polar surface area (TPSA) is 69.7 Å². The number of rotatable bonds is 5. The Morgan fingerprint density at radius 1 is 1.03 bits per heavy atom. The highest BCUT2D eigenvalue weighted by Crippen LogP contribution is 2.26. The largest absolute Gasteiger partial charge is 0.348 e. The summed E-state index contributed by atoms with van der Waals surface area (Å²) in [5.41, 5.74) is 4.92. The van der Waals surface area contributed by atoms with Crippen LogP contribution >= 0.6 is 0 Å². The van der Waals surface area contributed by atoms with Gasteiger partial charge >= 0.3 is 6.03 Å². The van der Waals surface area contributed by atoms with Crippen LogP contribution in [0.25, 0.3) is 0 Å². The third kappa shape index (κ3) is 4.16. The summed E-state index contributed by atoms with van der Waals surface area (Å²) in [4.78, 5) is 40.5. The summed E-state index contributed by atoms with van der Waals surface area (Å²) in [5.74, 6) is -0.733. The molecule has 1 saturated heterocycles. The van der Waals surface area contributed by atoms with Crippen LogP contribution in [-0.4, -0.2) is 35.3 Å². The van der Waals surface area contributed by atoms with Crippen LogP contribution in [0.4, 0.5) is 10.5 Å². The molecule has 1 aliphatic rings. The van der Waals surface area contributed by atoms with E-state index in [0.29, 0.717) is 5.69 Å². The number of hydrogen-bond donors (Lipinski definition) is 1. The van der Waals surface area contributed by atoms with Gasteiger partial charge in [-0.25, -0.2) is 4.79 Å². The lowest BCUT2D eigenvalue weighted by Crippen LogP contribution is -2.42. The Hall–Kier alpha value is -3.15. The molecule has 0 aliphatic carbocycles. The minimum atomic E-state index is -0.644. The first-order valence-electron chi connectivity index (χ1n) is 9.76. The van der Waals surface area contributed by atoms with Crippen molar-refractivity contribution in [3.8, 4) is 0 Å². The van der Waals surface area contributed by atoms with Gasteiger partial charge in [0, 0.05) is 5.69 Å². The predicted molar refractivity (Wildman–Crippen MR) is 113 cm³/mol. The van der Waals surface area contributed by atoms with Gasteiger partial charge in [0.1, 0.15) is 12.6 Å². The van der Waals surface area contributed by atoms with Crippen LogP contribution in [-0.2, 0) is 9.59 Å². The number of benzene rings is 2. The molecule has 0 spiro atoms. The van der Waals surface area contributed by atoms with Crippen molar-refractivity contribution in [1.29, 1.82) is 0 Å². The number of hydrogen-bond acceptors (Lipinski definition) is 3. The highest BCUT2D eigenvalue weighted by Gasteiger charge is 2.44. The number of aryl methyl sites for hydroxylation is 3. The monoisotopic (exact) mass is 393 g/mol. The molecule has 0 aromatic heterocycles. The first kappa shape index (κ1) is 20.6. The van der Waals surface area contributed by atoms with E-state index in [0.717, 1.165) is 27.2 Å². The lowest BCUT2D eigenvalue weighted by atomic mass is 10.00. The van der Waals surface area contributed by atoms with E-state index in [1.54, 1.807) is 6.92 Å². The Bertz CT molecular complexity index is 952. The number of imide groups is 1. The zero-order valence-corrected chi connectivity index (χ0v) is 17.5. The third-order valence-electron chi connectivity index (χ3n) is 5.34. The molecule has 2 atom stereocenters. The molecule has 6 heteroatoms. The maximum absolute atomic E-state index is 12.9. The number of carbonyl (C=O) groups is 3. The summed E-state index contributed by atoms with van der Waals surface area (Å²) < 4.78 is 0. The van der Waals surface area contributed by atoms with Gasteiger partial charge in [0.15, 0.2) is 0 Å². The average molecular weight is 393 g/mol. The fraction of sp³-hybridized carbons (Fsp3) is 0.348. The molecule has 1 heterocycles. The van der Waals surface area contributed by atoms with Crippen LogP contribution in [0.2, 0.25) is 0 Å². The molecule has 3 rings (SSSR count). The summed E-state index contributed by atoms with van der Waals surface area (Å²) in [6, 6.07) is 12.1. The fourth-order valence-electron chi connectivity index (χ4n) is 3.65. The van der Waals surface area contributed by atoms with E-state index in [9.17, 15) is 14.4 Å². The molecule has 0 bridgehead atoms. The van der Waals surface area contributed by atoms with Crippen molar-refractivity contribution in [2.75, 3.05) is 11.4 Å². The van der Waals surface area contributed by atoms with E-state index in [2.05, 4.69) is 5.32 Å². The average Bonchev–Trinajstić information content (AvgIpc) is 2.88. The molecule has 1 aliphatic heterocycles. The Morgan fingerprint density at radius 3 is 2.31 bits per heavy atom. The second kappa shape index (κ2) is 8.07. The molecule has 152 valence electrons. The van der Waals surface area contributed by atoms with Gasteiger partial charge in [0.05, 0.1) is 6.04 Å². The van der Waals surface area contributed by atoms with Crippen LogP contribution in [0.5, 0.6) is 0 Å². The summed E-state index contributed by atoms with van der Waals surface area (Å²) in [6.07, 6.45) is 0. The van der Waals surface area contributed by atoms with Gasteiger partial charge in [0.25, 0.3) is 5.91 Å². The van der Waals surface area contributed by atoms with Crippen molar-refractivity contribution in [3.05, 3.63) is 64.7 Å². The molecule has 4 amide bonds. The molecule has 2 aromatic rings. The number of nitrogens with zero attached hydrogens (tertiary/aromatic N) is 2. The molecular weight excluding hydrogens is 366 g/mol. The SMILES string of the molecule is Cc1ccc(N2C(=O)N(CC(=O)N[C@@H](C)c3cc(C)ccc3C)C(=O)[C@H]2C)cc1.